The van der Waals surface area contributed by atoms with Crippen LogP contribution in [0.15, 0.2) is 18.2 Å². The Hall–Kier alpha value is -2.54. The predicted molar refractivity (Wildman–Crippen MR) is 87.4 cm³/mol. The van der Waals surface area contributed by atoms with E-state index in [9.17, 15) is 9.59 Å². The first-order valence-electron chi connectivity index (χ1n) is 7.74. The minimum absolute atomic E-state index is 0.398. The lowest BCUT2D eigenvalue weighted by molar-refractivity contribution is 0.0416. The van der Waals surface area contributed by atoms with Gasteiger partial charge in [0.15, 0.2) is 0 Å². The van der Waals surface area contributed by atoms with Gasteiger partial charge in [0.25, 0.3) is 0 Å². The molecule has 0 spiro atoms. The molecule has 7 heteroatoms. The van der Waals surface area contributed by atoms with E-state index in [0.29, 0.717) is 43.0 Å². The zero-order valence-electron chi connectivity index (χ0n) is 14.0. The second kappa shape index (κ2) is 6.52. The van der Waals surface area contributed by atoms with E-state index in [1.165, 1.54) is 7.11 Å². The number of morpholine rings is 1. The molecule has 7 nitrogen and oxygen atoms in total. The molecule has 1 aromatic heterocycles. The van der Waals surface area contributed by atoms with Gasteiger partial charge in [0, 0.05) is 36.7 Å². The Morgan fingerprint density at radius 2 is 1.92 bits per heavy atom. The molecule has 0 radical (unpaired) electrons. The molecule has 3 rings (SSSR count). The van der Waals surface area contributed by atoms with Crippen LogP contribution in [0.4, 0.5) is 4.79 Å². The van der Waals surface area contributed by atoms with Crippen LogP contribution in [-0.4, -0.2) is 54.9 Å². The molecular formula is C17H20N2O5. The number of hydrogen-bond acceptors (Lipinski definition) is 5. The van der Waals surface area contributed by atoms with Crippen LogP contribution >= 0.6 is 0 Å². The maximum absolute atomic E-state index is 12.2. The molecule has 1 aliphatic rings. The molecule has 0 aliphatic carbocycles. The molecule has 1 saturated heterocycles. The fourth-order valence-corrected chi connectivity index (χ4v) is 2.89. The third-order valence-corrected chi connectivity index (χ3v) is 4.33. The minimum atomic E-state index is -0.412. The van der Waals surface area contributed by atoms with E-state index in [-0.39, 0.29) is 0 Å². The highest BCUT2D eigenvalue weighted by Crippen LogP contribution is 2.29. The summed E-state index contributed by atoms with van der Waals surface area (Å²) in [5.74, 6) is -0.00972. The topological polar surface area (TPSA) is 70.0 Å². The van der Waals surface area contributed by atoms with E-state index in [2.05, 4.69) is 0 Å². The number of ether oxygens (including phenoxy) is 3. The average Bonchev–Trinajstić information content (AvgIpc) is 2.85. The zero-order chi connectivity index (χ0) is 17.3. The molecule has 1 amide bonds. The van der Waals surface area contributed by atoms with Gasteiger partial charge in [-0.1, -0.05) is 0 Å². The molecule has 0 saturated carbocycles. The number of carbonyl (C=O) groups excluding carboxylic acids is 2. The number of hydrogen-bond donors (Lipinski definition) is 0. The second-order valence-electron chi connectivity index (χ2n) is 5.66. The van der Waals surface area contributed by atoms with Crippen LogP contribution in [-0.2, 0) is 16.5 Å². The Labute approximate surface area is 139 Å². The van der Waals surface area contributed by atoms with Crippen molar-refractivity contribution in [3.63, 3.8) is 0 Å². The van der Waals surface area contributed by atoms with Crippen molar-refractivity contribution in [3.05, 3.63) is 29.5 Å². The normalized spacial score (nSPS) is 14.7. The van der Waals surface area contributed by atoms with Crippen molar-refractivity contribution >= 4 is 23.0 Å². The summed E-state index contributed by atoms with van der Waals surface area (Å²) in [7, 11) is 3.23. The van der Waals surface area contributed by atoms with E-state index in [1.807, 2.05) is 24.6 Å². The number of esters is 1. The third-order valence-electron chi connectivity index (χ3n) is 4.33. The number of fused-ring (bicyclic) bond motifs is 1. The molecule has 2 heterocycles. The first-order chi connectivity index (χ1) is 11.5. The molecule has 1 aromatic carbocycles. The maximum Gasteiger partial charge on any atom is 0.415 e. The standard InChI is InChI=1S/C17H20N2O5/c1-11-15(16(20)22-3)13-10-12(4-5-14(13)18(11)2)24-17(21)19-6-8-23-9-7-19/h4-5,10H,6-9H2,1-3H3. The summed E-state index contributed by atoms with van der Waals surface area (Å²) in [6.07, 6.45) is -0.412. The smallest absolute Gasteiger partial charge is 0.415 e. The van der Waals surface area contributed by atoms with Crippen LogP contribution in [0, 0.1) is 6.92 Å². The zero-order valence-corrected chi connectivity index (χ0v) is 14.0. The predicted octanol–water partition coefficient (Wildman–Crippen LogP) is 2.10. The Kier molecular flexibility index (Phi) is 4.44. The highest BCUT2D eigenvalue weighted by molar-refractivity contribution is 6.06. The van der Waals surface area contributed by atoms with Crippen LogP contribution in [0.3, 0.4) is 0 Å². The average molecular weight is 332 g/mol. The number of rotatable bonds is 2. The van der Waals surface area contributed by atoms with Crippen LogP contribution in [0.2, 0.25) is 0 Å². The van der Waals surface area contributed by atoms with Crippen molar-refractivity contribution in [2.75, 3.05) is 33.4 Å². The van der Waals surface area contributed by atoms with Crippen molar-refractivity contribution in [1.29, 1.82) is 0 Å². The minimum Gasteiger partial charge on any atom is -0.465 e. The van der Waals surface area contributed by atoms with Gasteiger partial charge in [-0.15, -0.1) is 0 Å². The van der Waals surface area contributed by atoms with Gasteiger partial charge in [-0.3, -0.25) is 0 Å². The van der Waals surface area contributed by atoms with Crippen LogP contribution in [0.1, 0.15) is 16.1 Å². The summed E-state index contributed by atoms with van der Waals surface area (Å²) in [6, 6.07) is 5.25. The van der Waals surface area contributed by atoms with E-state index in [1.54, 1.807) is 17.0 Å². The van der Waals surface area contributed by atoms with Crippen molar-refractivity contribution in [1.82, 2.24) is 9.47 Å². The molecule has 2 aromatic rings. The van der Waals surface area contributed by atoms with Gasteiger partial charge in [-0.25, -0.2) is 9.59 Å². The summed E-state index contributed by atoms with van der Waals surface area (Å²) in [5.41, 5.74) is 2.16. The lowest BCUT2D eigenvalue weighted by Crippen LogP contribution is -2.42. The lowest BCUT2D eigenvalue weighted by Gasteiger charge is -2.25. The van der Waals surface area contributed by atoms with Gasteiger partial charge in [-0.2, -0.15) is 0 Å². The first kappa shape index (κ1) is 16.3. The number of benzene rings is 1. The number of aryl methyl sites for hydroxylation is 1. The molecule has 0 N–H and O–H groups in total. The van der Waals surface area contributed by atoms with E-state index < -0.39 is 12.1 Å². The molecule has 24 heavy (non-hydrogen) atoms. The van der Waals surface area contributed by atoms with Crippen LogP contribution in [0.5, 0.6) is 5.75 Å². The largest absolute Gasteiger partial charge is 0.465 e. The fraction of sp³-hybridized carbons (Fsp3) is 0.412. The molecule has 0 atom stereocenters. The lowest BCUT2D eigenvalue weighted by atomic mass is 10.1. The van der Waals surface area contributed by atoms with Crippen molar-refractivity contribution in [2.24, 2.45) is 7.05 Å². The first-order valence-corrected chi connectivity index (χ1v) is 7.74. The summed E-state index contributed by atoms with van der Waals surface area (Å²) < 4.78 is 17.5. The SMILES string of the molecule is COC(=O)c1c(C)n(C)c2ccc(OC(=O)N3CCOCC3)cc12. The number of aromatic nitrogens is 1. The van der Waals surface area contributed by atoms with Crippen LogP contribution in [0.25, 0.3) is 10.9 Å². The highest BCUT2D eigenvalue weighted by Gasteiger charge is 2.22. The number of carbonyl (C=O) groups is 2. The molecule has 1 aliphatic heterocycles. The Morgan fingerprint density at radius 1 is 1.21 bits per heavy atom. The molecule has 0 unspecified atom stereocenters. The van der Waals surface area contributed by atoms with Gasteiger partial charge >= 0.3 is 12.1 Å². The monoisotopic (exact) mass is 332 g/mol. The summed E-state index contributed by atoms with van der Waals surface area (Å²) in [6.45, 7) is 3.90. The Balaban J connectivity index is 1.92. The van der Waals surface area contributed by atoms with Gasteiger partial charge in [0.1, 0.15) is 5.75 Å². The quantitative estimate of drug-likeness (QED) is 0.788. The molecular weight excluding hydrogens is 312 g/mol. The number of amides is 1. The molecule has 1 fully saturated rings. The van der Waals surface area contributed by atoms with E-state index in [0.717, 1.165) is 11.2 Å². The Morgan fingerprint density at radius 3 is 2.58 bits per heavy atom. The van der Waals surface area contributed by atoms with E-state index in [4.69, 9.17) is 14.2 Å². The Bertz CT molecular complexity index is 790. The van der Waals surface area contributed by atoms with Gasteiger partial charge < -0.3 is 23.7 Å². The van der Waals surface area contributed by atoms with Crippen molar-refractivity contribution in [2.45, 2.75) is 6.92 Å². The summed E-state index contributed by atoms with van der Waals surface area (Å²) in [5, 5.41) is 0.703. The maximum atomic E-state index is 12.2. The summed E-state index contributed by atoms with van der Waals surface area (Å²) in [4.78, 5) is 25.9. The second-order valence-corrected chi connectivity index (χ2v) is 5.66. The molecule has 128 valence electrons. The molecule has 0 bridgehead atoms. The third kappa shape index (κ3) is 2.82. The van der Waals surface area contributed by atoms with Crippen LogP contribution < -0.4 is 4.74 Å². The highest BCUT2D eigenvalue weighted by atomic mass is 16.6. The van der Waals surface area contributed by atoms with Gasteiger partial charge in [0.05, 0.1) is 25.9 Å². The fourth-order valence-electron chi connectivity index (χ4n) is 2.89. The van der Waals surface area contributed by atoms with E-state index >= 15 is 0 Å². The number of methoxy groups -OCH3 is 1. The van der Waals surface area contributed by atoms with Gasteiger partial charge in [-0.05, 0) is 25.1 Å². The number of nitrogens with zero attached hydrogens (tertiary/aromatic N) is 2. The van der Waals surface area contributed by atoms with Crippen molar-refractivity contribution in [3.8, 4) is 5.75 Å². The summed E-state index contributed by atoms with van der Waals surface area (Å²) >= 11 is 0. The van der Waals surface area contributed by atoms with Crippen molar-refractivity contribution < 1.29 is 23.8 Å². The van der Waals surface area contributed by atoms with Gasteiger partial charge in [0.2, 0.25) is 0 Å².